The van der Waals surface area contributed by atoms with Crippen LogP contribution in [0, 0.1) is 0 Å². The molecule has 0 spiro atoms. The van der Waals surface area contributed by atoms with Crippen LogP contribution >= 0.6 is 0 Å². The van der Waals surface area contributed by atoms with Crippen LogP contribution in [-0.4, -0.2) is 44.6 Å². The van der Waals surface area contributed by atoms with Crippen LogP contribution in [0.5, 0.6) is 0 Å². The highest BCUT2D eigenvalue weighted by Gasteiger charge is 2.32. The number of aromatic amines is 1. The normalized spacial score (nSPS) is 23.9. The summed E-state index contributed by atoms with van der Waals surface area (Å²) >= 11 is 0. The first-order chi connectivity index (χ1) is 7.92. The van der Waals surface area contributed by atoms with E-state index in [-0.39, 0.29) is 17.2 Å². The molecule has 0 aromatic carbocycles. The van der Waals surface area contributed by atoms with Gasteiger partial charge in [0.05, 0.1) is 17.2 Å². The average Bonchev–Trinajstić information content (AvgIpc) is 2.84. The molecular formula is C8H13N3O4S2. The largest absolute Gasteiger partial charge is 0.284 e. The minimum absolute atomic E-state index is 0.00731. The molecule has 1 saturated heterocycles. The third-order valence-electron chi connectivity index (χ3n) is 2.75. The fourth-order valence-corrected chi connectivity index (χ4v) is 4.62. The van der Waals surface area contributed by atoms with Gasteiger partial charge in [0, 0.05) is 12.7 Å². The molecule has 0 amide bonds. The number of hydrogen-bond donors (Lipinski definition) is 2. The van der Waals surface area contributed by atoms with Crippen molar-refractivity contribution in [1.82, 2.24) is 14.9 Å². The second-order valence-electron chi connectivity index (χ2n) is 3.92. The Kier molecular flexibility index (Phi) is 3.23. The molecule has 1 atom stereocenters. The lowest BCUT2D eigenvalue weighted by Crippen LogP contribution is -2.34. The lowest BCUT2D eigenvalue weighted by Gasteiger charge is -2.10. The van der Waals surface area contributed by atoms with Gasteiger partial charge in [0.1, 0.15) is 4.90 Å². The number of sulfone groups is 1. The molecule has 1 aliphatic rings. The zero-order valence-corrected chi connectivity index (χ0v) is 10.6. The van der Waals surface area contributed by atoms with Crippen LogP contribution in [0.2, 0.25) is 0 Å². The van der Waals surface area contributed by atoms with Gasteiger partial charge in [0.25, 0.3) is 0 Å². The van der Waals surface area contributed by atoms with Gasteiger partial charge in [-0.15, -0.1) is 0 Å². The van der Waals surface area contributed by atoms with Crippen molar-refractivity contribution in [3.05, 3.63) is 12.4 Å². The maximum absolute atomic E-state index is 11.7. The molecule has 2 N–H and O–H groups in total. The molecule has 1 aliphatic heterocycles. The van der Waals surface area contributed by atoms with Crippen LogP contribution in [0.3, 0.4) is 0 Å². The van der Waals surface area contributed by atoms with Crippen LogP contribution in [0.4, 0.5) is 0 Å². The van der Waals surface area contributed by atoms with Crippen molar-refractivity contribution in [3.8, 4) is 0 Å². The van der Waals surface area contributed by atoms with Crippen LogP contribution in [0.25, 0.3) is 0 Å². The second kappa shape index (κ2) is 4.39. The summed E-state index contributed by atoms with van der Waals surface area (Å²) in [7, 11) is -6.79. The Morgan fingerprint density at radius 1 is 1.53 bits per heavy atom. The van der Waals surface area contributed by atoms with Crippen molar-refractivity contribution < 1.29 is 16.8 Å². The smallest absolute Gasteiger partial charge is 0.243 e. The lowest BCUT2D eigenvalue weighted by atomic mass is 10.2. The van der Waals surface area contributed by atoms with E-state index in [1.165, 1.54) is 12.4 Å². The topological polar surface area (TPSA) is 109 Å². The number of H-pyrrole nitrogens is 1. The molecule has 0 radical (unpaired) electrons. The maximum atomic E-state index is 11.7. The van der Waals surface area contributed by atoms with Gasteiger partial charge in [-0.3, -0.25) is 5.10 Å². The van der Waals surface area contributed by atoms with Gasteiger partial charge < -0.3 is 0 Å². The molecule has 1 fully saturated rings. The van der Waals surface area contributed by atoms with Gasteiger partial charge in [-0.25, -0.2) is 21.6 Å². The van der Waals surface area contributed by atoms with Crippen molar-refractivity contribution >= 4 is 19.9 Å². The Balaban J connectivity index is 2.04. The van der Waals surface area contributed by atoms with E-state index in [9.17, 15) is 16.8 Å². The van der Waals surface area contributed by atoms with Gasteiger partial charge in [-0.2, -0.15) is 5.10 Å². The number of aromatic nitrogens is 2. The lowest BCUT2D eigenvalue weighted by molar-refractivity contribution is 0.571. The Bertz CT molecular complexity index is 576. The fourth-order valence-electron chi connectivity index (χ4n) is 1.76. The predicted octanol–water partition coefficient (Wildman–Crippen LogP) is -0.735. The molecule has 0 aliphatic carbocycles. The van der Waals surface area contributed by atoms with E-state index in [1.807, 2.05) is 0 Å². The van der Waals surface area contributed by atoms with E-state index in [2.05, 4.69) is 14.9 Å². The Hall–Kier alpha value is -0.930. The summed E-state index contributed by atoms with van der Waals surface area (Å²) in [6.45, 7) is -0.0736. The summed E-state index contributed by atoms with van der Waals surface area (Å²) in [5.74, 6) is 0.144. The second-order valence-corrected chi connectivity index (χ2v) is 8.08. The number of nitrogens with zero attached hydrogens (tertiary/aromatic N) is 1. The summed E-state index contributed by atoms with van der Waals surface area (Å²) in [5, 5.41) is 5.32. The standard InChI is InChI=1S/C8H13N3O4S2/c12-16(13)3-1-2-7(16)6-11-17(14,15)8-4-9-10-5-8/h4-5,7,11H,1-3,6H2,(H,9,10). The zero-order valence-electron chi connectivity index (χ0n) is 8.96. The van der Waals surface area contributed by atoms with E-state index in [0.29, 0.717) is 12.8 Å². The molecule has 0 saturated carbocycles. The van der Waals surface area contributed by atoms with E-state index in [4.69, 9.17) is 0 Å². The monoisotopic (exact) mass is 279 g/mol. The summed E-state index contributed by atoms with van der Waals surface area (Å²) in [5.41, 5.74) is 0. The summed E-state index contributed by atoms with van der Waals surface area (Å²) < 4.78 is 48.7. The van der Waals surface area contributed by atoms with Crippen molar-refractivity contribution in [1.29, 1.82) is 0 Å². The predicted molar refractivity (Wildman–Crippen MR) is 60.6 cm³/mol. The van der Waals surface area contributed by atoms with Crippen LogP contribution in [0.15, 0.2) is 17.3 Å². The molecule has 1 unspecified atom stereocenters. The minimum Gasteiger partial charge on any atom is -0.284 e. The highest BCUT2D eigenvalue weighted by atomic mass is 32.2. The highest BCUT2D eigenvalue weighted by molar-refractivity contribution is 7.92. The van der Waals surface area contributed by atoms with E-state index < -0.39 is 25.1 Å². The average molecular weight is 279 g/mol. The number of hydrogen-bond acceptors (Lipinski definition) is 5. The highest BCUT2D eigenvalue weighted by Crippen LogP contribution is 2.19. The first-order valence-corrected chi connectivity index (χ1v) is 8.32. The molecule has 2 rings (SSSR count). The van der Waals surface area contributed by atoms with Crippen LogP contribution in [-0.2, 0) is 19.9 Å². The van der Waals surface area contributed by atoms with E-state index in [0.717, 1.165) is 0 Å². The van der Waals surface area contributed by atoms with Gasteiger partial charge in [0.15, 0.2) is 9.84 Å². The maximum Gasteiger partial charge on any atom is 0.243 e. The SMILES string of the molecule is O=S(=O)(NCC1CCCS1(=O)=O)c1cn[nH]c1. The summed E-state index contributed by atoms with van der Waals surface area (Å²) in [6.07, 6.45) is 3.52. The van der Waals surface area contributed by atoms with Crippen molar-refractivity contribution in [2.75, 3.05) is 12.3 Å². The number of sulfonamides is 1. The van der Waals surface area contributed by atoms with Gasteiger partial charge in [0.2, 0.25) is 10.0 Å². The van der Waals surface area contributed by atoms with Crippen molar-refractivity contribution in [2.45, 2.75) is 23.0 Å². The molecule has 9 heteroatoms. The number of rotatable bonds is 4. The molecule has 2 heterocycles. The van der Waals surface area contributed by atoms with Crippen molar-refractivity contribution in [3.63, 3.8) is 0 Å². The quantitative estimate of drug-likeness (QED) is 0.755. The van der Waals surface area contributed by atoms with Gasteiger partial charge in [-0.1, -0.05) is 0 Å². The molecular weight excluding hydrogens is 266 g/mol. The molecule has 7 nitrogen and oxygen atoms in total. The summed E-state index contributed by atoms with van der Waals surface area (Å²) in [4.78, 5) is 0.00731. The molecule has 1 aromatic heterocycles. The Morgan fingerprint density at radius 2 is 2.29 bits per heavy atom. The molecule has 0 bridgehead atoms. The van der Waals surface area contributed by atoms with Gasteiger partial charge in [-0.05, 0) is 12.8 Å². The number of nitrogens with one attached hydrogen (secondary N) is 2. The van der Waals surface area contributed by atoms with E-state index >= 15 is 0 Å². The first kappa shape index (κ1) is 12.5. The third-order valence-corrected chi connectivity index (χ3v) is 6.41. The Labute approximate surface area is 99.6 Å². The molecule has 1 aromatic rings. The van der Waals surface area contributed by atoms with E-state index in [1.54, 1.807) is 0 Å². The zero-order chi connectivity index (χ0) is 12.5. The van der Waals surface area contributed by atoms with Crippen molar-refractivity contribution in [2.24, 2.45) is 0 Å². The first-order valence-electron chi connectivity index (χ1n) is 5.12. The van der Waals surface area contributed by atoms with Gasteiger partial charge >= 0.3 is 0 Å². The minimum atomic E-state index is -3.66. The van der Waals surface area contributed by atoms with Crippen LogP contribution < -0.4 is 4.72 Å². The Morgan fingerprint density at radius 3 is 2.82 bits per heavy atom. The van der Waals surface area contributed by atoms with Crippen LogP contribution in [0.1, 0.15) is 12.8 Å². The molecule has 17 heavy (non-hydrogen) atoms. The fraction of sp³-hybridized carbons (Fsp3) is 0.625. The third kappa shape index (κ3) is 2.67. The summed E-state index contributed by atoms with van der Waals surface area (Å²) in [6, 6.07) is 0. The molecule has 96 valence electrons.